The zero-order valence-corrected chi connectivity index (χ0v) is 15.1. The molecule has 8 heteroatoms. The maximum atomic E-state index is 12.1. The van der Waals surface area contributed by atoms with Crippen molar-refractivity contribution in [3.63, 3.8) is 0 Å². The predicted octanol–water partition coefficient (Wildman–Crippen LogP) is 2.68. The van der Waals surface area contributed by atoms with E-state index in [2.05, 4.69) is 20.5 Å². The Labute approximate surface area is 160 Å². The molecule has 136 valence electrons. The number of benzene rings is 1. The zero-order chi connectivity index (χ0) is 18.5. The molecule has 3 aromatic rings. The molecule has 0 bridgehead atoms. The summed E-state index contributed by atoms with van der Waals surface area (Å²) in [6.07, 6.45) is 3.42. The number of fused-ring (bicyclic) bond motifs is 1. The van der Waals surface area contributed by atoms with Gasteiger partial charge in [-0.3, -0.25) is 9.78 Å². The quantitative estimate of drug-likeness (QED) is 0.658. The van der Waals surface area contributed by atoms with E-state index in [0.29, 0.717) is 17.3 Å². The molecule has 0 radical (unpaired) electrons. The lowest BCUT2D eigenvalue weighted by molar-refractivity contribution is -0.118. The Bertz CT molecular complexity index is 935. The minimum absolute atomic E-state index is 0.0716. The Morgan fingerprint density at radius 3 is 2.70 bits per heavy atom. The van der Waals surface area contributed by atoms with Crippen LogP contribution in [-0.4, -0.2) is 33.6 Å². The Balaban J connectivity index is 1.26. The van der Waals surface area contributed by atoms with Crippen molar-refractivity contribution in [2.75, 3.05) is 12.5 Å². The molecule has 1 aromatic carbocycles. The molecule has 0 aliphatic carbocycles. The van der Waals surface area contributed by atoms with Crippen LogP contribution in [0.5, 0.6) is 11.5 Å². The molecule has 0 saturated heterocycles. The average molecular weight is 380 g/mol. The molecule has 1 amide bonds. The van der Waals surface area contributed by atoms with Crippen LogP contribution < -0.4 is 14.8 Å². The van der Waals surface area contributed by atoms with E-state index in [4.69, 9.17) is 9.47 Å². The van der Waals surface area contributed by atoms with E-state index in [9.17, 15) is 4.79 Å². The van der Waals surface area contributed by atoms with Crippen LogP contribution in [0.3, 0.4) is 0 Å². The lowest BCUT2D eigenvalue weighted by Crippen LogP contribution is -2.24. The van der Waals surface area contributed by atoms with E-state index in [0.717, 1.165) is 22.6 Å². The second-order valence-corrected chi connectivity index (χ2v) is 6.74. The number of rotatable bonds is 6. The van der Waals surface area contributed by atoms with Gasteiger partial charge in [0.25, 0.3) is 0 Å². The van der Waals surface area contributed by atoms with Gasteiger partial charge in [-0.15, -0.1) is 10.2 Å². The molecule has 2 aromatic heterocycles. The summed E-state index contributed by atoms with van der Waals surface area (Å²) in [5.74, 6) is 1.64. The maximum absolute atomic E-state index is 12.1. The summed E-state index contributed by atoms with van der Waals surface area (Å²) in [5, 5.41) is 12.0. The van der Waals surface area contributed by atoms with Crippen molar-refractivity contribution in [3.8, 4) is 22.8 Å². The monoisotopic (exact) mass is 380 g/mol. The highest BCUT2D eigenvalue weighted by atomic mass is 32.2. The third kappa shape index (κ3) is 4.35. The zero-order valence-electron chi connectivity index (χ0n) is 14.3. The van der Waals surface area contributed by atoms with Gasteiger partial charge in [-0.05, 0) is 42.0 Å². The summed E-state index contributed by atoms with van der Waals surface area (Å²) in [6.45, 7) is 0.672. The minimum atomic E-state index is -0.0716. The highest BCUT2D eigenvalue weighted by molar-refractivity contribution is 7.99. The topological polar surface area (TPSA) is 86.2 Å². The number of carbonyl (C=O) groups excluding carboxylic acids is 1. The molecule has 1 N–H and O–H groups in total. The number of carbonyl (C=O) groups is 1. The predicted molar refractivity (Wildman–Crippen MR) is 100 cm³/mol. The van der Waals surface area contributed by atoms with Crippen molar-refractivity contribution in [3.05, 3.63) is 60.4 Å². The van der Waals surface area contributed by atoms with Gasteiger partial charge in [0, 0.05) is 24.5 Å². The molecule has 0 unspecified atom stereocenters. The van der Waals surface area contributed by atoms with Crippen molar-refractivity contribution in [1.29, 1.82) is 0 Å². The van der Waals surface area contributed by atoms with Crippen LogP contribution in [-0.2, 0) is 11.3 Å². The second kappa shape index (κ2) is 8.05. The van der Waals surface area contributed by atoms with Gasteiger partial charge < -0.3 is 14.8 Å². The Morgan fingerprint density at radius 2 is 1.89 bits per heavy atom. The highest BCUT2D eigenvalue weighted by Crippen LogP contribution is 2.32. The summed E-state index contributed by atoms with van der Waals surface area (Å²) >= 11 is 1.34. The van der Waals surface area contributed by atoms with Gasteiger partial charge in [0.15, 0.2) is 11.5 Å². The van der Waals surface area contributed by atoms with Gasteiger partial charge in [0.05, 0.1) is 11.4 Å². The molecule has 1 aliphatic rings. The lowest BCUT2D eigenvalue weighted by Gasteiger charge is -2.06. The van der Waals surface area contributed by atoms with Crippen LogP contribution in [0.4, 0.5) is 0 Å². The fraction of sp³-hybridized carbons (Fsp3) is 0.158. The molecule has 27 heavy (non-hydrogen) atoms. The van der Waals surface area contributed by atoms with E-state index >= 15 is 0 Å². The summed E-state index contributed by atoms with van der Waals surface area (Å²) in [4.78, 5) is 16.1. The molecule has 0 fully saturated rings. The normalized spacial score (nSPS) is 12.0. The number of amides is 1. The van der Waals surface area contributed by atoms with E-state index in [1.165, 1.54) is 11.8 Å². The first-order chi connectivity index (χ1) is 13.3. The number of pyridine rings is 1. The number of ether oxygens (including phenoxy) is 2. The summed E-state index contributed by atoms with van der Waals surface area (Å²) in [6, 6.07) is 13.1. The summed E-state index contributed by atoms with van der Waals surface area (Å²) < 4.78 is 10.6. The lowest BCUT2D eigenvalue weighted by atomic mass is 10.2. The Kier molecular flexibility index (Phi) is 5.15. The fourth-order valence-electron chi connectivity index (χ4n) is 2.52. The molecule has 1 aliphatic heterocycles. The third-order valence-electron chi connectivity index (χ3n) is 3.89. The SMILES string of the molecule is O=C(CSc1ccc(-c2ccncc2)nn1)NCc1ccc2c(c1)OCO2. The average Bonchev–Trinajstić information content (AvgIpc) is 3.19. The highest BCUT2D eigenvalue weighted by Gasteiger charge is 2.13. The first-order valence-electron chi connectivity index (χ1n) is 8.30. The Morgan fingerprint density at radius 1 is 1.04 bits per heavy atom. The van der Waals surface area contributed by atoms with Gasteiger partial charge in [-0.1, -0.05) is 17.8 Å². The van der Waals surface area contributed by atoms with Crippen LogP contribution in [0.2, 0.25) is 0 Å². The first kappa shape index (κ1) is 17.3. The van der Waals surface area contributed by atoms with Crippen LogP contribution in [0, 0.1) is 0 Å². The van der Waals surface area contributed by atoms with Crippen molar-refractivity contribution in [1.82, 2.24) is 20.5 Å². The Hall–Kier alpha value is -3.13. The second-order valence-electron chi connectivity index (χ2n) is 5.75. The number of hydrogen-bond acceptors (Lipinski definition) is 7. The van der Waals surface area contributed by atoms with Crippen molar-refractivity contribution < 1.29 is 14.3 Å². The van der Waals surface area contributed by atoms with Crippen molar-refractivity contribution >= 4 is 17.7 Å². The van der Waals surface area contributed by atoms with Crippen LogP contribution >= 0.6 is 11.8 Å². The third-order valence-corrected chi connectivity index (χ3v) is 4.81. The maximum Gasteiger partial charge on any atom is 0.231 e. The van der Waals surface area contributed by atoms with Gasteiger partial charge >= 0.3 is 0 Å². The number of thioether (sulfide) groups is 1. The fourth-order valence-corrected chi connectivity index (χ4v) is 3.16. The van der Waals surface area contributed by atoms with Crippen molar-refractivity contribution in [2.24, 2.45) is 0 Å². The van der Waals surface area contributed by atoms with Crippen LogP contribution in [0.25, 0.3) is 11.3 Å². The summed E-state index contributed by atoms with van der Waals surface area (Å²) in [7, 11) is 0. The minimum Gasteiger partial charge on any atom is -0.454 e. The molecule has 3 heterocycles. The smallest absolute Gasteiger partial charge is 0.231 e. The standard InChI is InChI=1S/C19H16N4O3S/c24-18(21-10-13-1-3-16-17(9-13)26-12-25-16)11-27-19-4-2-15(22-23-19)14-5-7-20-8-6-14/h1-9H,10-12H2,(H,21,24). The van der Waals surface area contributed by atoms with Crippen LogP contribution in [0.15, 0.2) is 59.9 Å². The van der Waals surface area contributed by atoms with E-state index in [-0.39, 0.29) is 18.5 Å². The van der Waals surface area contributed by atoms with E-state index in [1.807, 2.05) is 42.5 Å². The number of nitrogens with zero attached hydrogens (tertiary/aromatic N) is 3. The molecule has 7 nitrogen and oxygen atoms in total. The van der Waals surface area contributed by atoms with Gasteiger partial charge in [-0.2, -0.15) is 0 Å². The number of hydrogen-bond donors (Lipinski definition) is 1. The first-order valence-corrected chi connectivity index (χ1v) is 9.29. The molecule has 0 atom stereocenters. The van der Waals surface area contributed by atoms with Gasteiger partial charge in [0.1, 0.15) is 5.03 Å². The number of nitrogens with one attached hydrogen (secondary N) is 1. The van der Waals surface area contributed by atoms with E-state index < -0.39 is 0 Å². The molecule has 4 rings (SSSR count). The largest absolute Gasteiger partial charge is 0.454 e. The molecular formula is C19H16N4O3S. The van der Waals surface area contributed by atoms with Crippen molar-refractivity contribution in [2.45, 2.75) is 11.6 Å². The molecule has 0 saturated carbocycles. The van der Waals surface area contributed by atoms with Gasteiger partial charge in [0.2, 0.25) is 12.7 Å². The number of aromatic nitrogens is 3. The van der Waals surface area contributed by atoms with Crippen LogP contribution in [0.1, 0.15) is 5.56 Å². The van der Waals surface area contributed by atoms with Gasteiger partial charge in [-0.25, -0.2) is 0 Å². The van der Waals surface area contributed by atoms with E-state index in [1.54, 1.807) is 12.4 Å². The summed E-state index contributed by atoms with van der Waals surface area (Å²) in [5.41, 5.74) is 2.68. The molecule has 0 spiro atoms. The molecular weight excluding hydrogens is 364 g/mol.